The Bertz CT molecular complexity index is 809. The van der Waals surface area contributed by atoms with Crippen LogP contribution in [-0.2, 0) is 12.8 Å². The maximum atomic E-state index is 9.53. The Hall–Kier alpha value is -1.36. The molecule has 144 valence electrons. The maximum absolute atomic E-state index is 9.53. The zero-order valence-corrected chi connectivity index (χ0v) is 17.0. The zero-order chi connectivity index (χ0) is 18.9. The molecule has 0 saturated heterocycles. The zero-order valence-electron chi connectivity index (χ0n) is 16.2. The quantitative estimate of drug-likeness (QED) is 0.759. The molecule has 1 heterocycles. The van der Waals surface area contributed by atoms with Gasteiger partial charge in [0.25, 0.3) is 0 Å². The number of aromatic nitrogens is 1. The van der Waals surface area contributed by atoms with E-state index in [9.17, 15) is 5.11 Å². The van der Waals surface area contributed by atoms with Gasteiger partial charge < -0.3 is 10.8 Å². The number of thioether (sulfide) groups is 1. The van der Waals surface area contributed by atoms with E-state index in [0.717, 1.165) is 41.7 Å². The molecule has 0 spiro atoms. The molecule has 3 nitrogen and oxygen atoms in total. The van der Waals surface area contributed by atoms with Crippen LogP contribution in [0.3, 0.4) is 0 Å². The van der Waals surface area contributed by atoms with Crippen molar-refractivity contribution in [3.8, 4) is 0 Å². The van der Waals surface area contributed by atoms with Crippen LogP contribution in [0.15, 0.2) is 41.4 Å². The number of rotatable bonds is 5. The van der Waals surface area contributed by atoms with Crippen LogP contribution in [0.1, 0.15) is 54.0 Å². The molecule has 0 aliphatic heterocycles. The van der Waals surface area contributed by atoms with Gasteiger partial charge in [-0.2, -0.15) is 0 Å². The highest BCUT2D eigenvalue weighted by molar-refractivity contribution is 7.99. The minimum atomic E-state index is -0.368. The second-order valence-corrected chi connectivity index (χ2v) is 9.57. The van der Waals surface area contributed by atoms with Gasteiger partial charge in [-0.05, 0) is 86.1 Å². The van der Waals surface area contributed by atoms with Crippen LogP contribution in [0.2, 0.25) is 0 Å². The van der Waals surface area contributed by atoms with Gasteiger partial charge in [0.15, 0.2) is 0 Å². The number of hydrogen-bond donors (Lipinski definition) is 2. The molecule has 0 amide bonds. The standard InChI is InChI=1S/C23H30N2OS/c1-16-3-2-4-22(25-16)27-14-17-5-6-19-12-20(8-7-18(19)11-17)21-9-10-23(24,13-21)15-26/h2-4,7-8,12,17,21,26H,5-6,9-11,13-15,24H2,1H3/t17?,21-,23+/m0/s1. The first-order valence-corrected chi connectivity index (χ1v) is 11.1. The van der Waals surface area contributed by atoms with Crippen LogP contribution >= 0.6 is 11.8 Å². The summed E-state index contributed by atoms with van der Waals surface area (Å²) in [6, 6.07) is 13.4. The Morgan fingerprint density at radius 1 is 1.22 bits per heavy atom. The number of hydrogen-bond acceptors (Lipinski definition) is 4. The third kappa shape index (κ3) is 4.39. The molecule has 3 N–H and O–H groups in total. The normalized spacial score (nSPS) is 27.5. The average Bonchev–Trinajstić information content (AvgIpc) is 3.09. The summed E-state index contributed by atoms with van der Waals surface area (Å²) in [5.74, 6) is 2.38. The maximum Gasteiger partial charge on any atom is 0.0963 e. The van der Waals surface area contributed by atoms with Crippen molar-refractivity contribution in [1.82, 2.24) is 4.98 Å². The average molecular weight is 383 g/mol. The smallest absolute Gasteiger partial charge is 0.0963 e. The van der Waals surface area contributed by atoms with E-state index < -0.39 is 0 Å². The predicted octanol–water partition coefficient (Wildman–Crippen LogP) is 4.24. The second-order valence-electron chi connectivity index (χ2n) is 8.53. The van der Waals surface area contributed by atoms with Gasteiger partial charge in [-0.3, -0.25) is 0 Å². The Morgan fingerprint density at radius 3 is 2.89 bits per heavy atom. The summed E-state index contributed by atoms with van der Waals surface area (Å²) in [5.41, 5.74) is 11.5. The molecule has 0 radical (unpaired) electrons. The molecular weight excluding hydrogens is 352 g/mol. The number of pyridine rings is 1. The molecule has 1 fully saturated rings. The van der Waals surface area contributed by atoms with Crippen molar-refractivity contribution in [3.63, 3.8) is 0 Å². The van der Waals surface area contributed by atoms with E-state index in [2.05, 4.69) is 48.3 Å². The molecule has 2 aliphatic rings. The Labute approximate surface area is 166 Å². The molecule has 1 aromatic heterocycles. The fourth-order valence-corrected chi connectivity index (χ4v) is 5.71. The molecule has 0 bridgehead atoms. The lowest BCUT2D eigenvalue weighted by Gasteiger charge is -2.26. The van der Waals surface area contributed by atoms with Gasteiger partial charge in [0.1, 0.15) is 0 Å². The first-order chi connectivity index (χ1) is 13.0. The summed E-state index contributed by atoms with van der Waals surface area (Å²) >= 11 is 1.89. The van der Waals surface area contributed by atoms with Crippen LogP contribution in [0, 0.1) is 12.8 Å². The van der Waals surface area contributed by atoms with Crippen LogP contribution in [0.5, 0.6) is 0 Å². The molecule has 1 unspecified atom stereocenters. The van der Waals surface area contributed by atoms with E-state index in [4.69, 9.17) is 5.73 Å². The van der Waals surface area contributed by atoms with Gasteiger partial charge in [0.2, 0.25) is 0 Å². The first-order valence-electron chi connectivity index (χ1n) is 10.1. The third-order valence-corrected chi connectivity index (χ3v) is 7.48. The SMILES string of the molecule is Cc1cccc(SCC2CCc3cc([C@H]4CC[C@](N)(CO)C4)ccc3C2)n1. The number of nitrogens with zero attached hydrogens (tertiary/aromatic N) is 1. The van der Waals surface area contributed by atoms with Crippen LogP contribution in [0.25, 0.3) is 0 Å². The van der Waals surface area contributed by atoms with E-state index in [0.29, 0.717) is 5.92 Å². The van der Waals surface area contributed by atoms with Crippen molar-refractivity contribution in [1.29, 1.82) is 0 Å². The molecule has 1 aromatic carbocycles. The minimum Gasteiger partial charge on any atom is -0.394 e. The van der Waals surface area contributed by atoms with Crippen molar-refractivity contribution in [2.75, 3.05) is 12.4 Å². The highest BCUT2D eigenvalue weighted by atomic mass is 32.2. The number of aliphatic hydroxyl groups is 1. The van der Waals surface area contributed by atoms with E-state index in [1.807, 2.05) is 11.8 Å². The van der Waals surface area contributed by atoms with Gasteiger partial charge >= 0.3 is 0 Å². The Balaban J connectivity index is 1.38. The van der Waals surface area contributed by atoms with Crippen molar-refractivity contribution < 1.29 is 5.11 Å². The molecule has 1 saturated carbocycles. The Morgan fingerprint density at radius 2 is 2.11 bits per heavy atom. The summed E-state index contributed by atoms with van der Waals surface area (Å²) in [6.45, 7) is 2.15. The Kier molecular flexibility index (Phi) is 5.58. The van der Waals surface area contributed by atoms with Crippen molar-refractivity contribution in [2.45, 2.75) is 61.9 Å². The topological polar surface area (TPSA) is 59.1 Å². The van der Waals surface area contributed by atoms with Crippen LogP contribution in [0.4, 0.5) is 0 Å². The number of aryl methyl sites for hydroxylation is 2. The largest absolute Gasteiger partial charge is 0.394 e. The van der Waals surface area contributed by atoms with Gasteiger partial charge in [-0.25, -0.2) is 4.98 Å². The lowest BCUT2D eigenvalue weighted by molar-refractivity contribution is 0.198. The molecule has 4 rings (SSSR count). The van der Waals surface area contributed by atoms with Crippen molar-refractivity contribution in [3.05, 3.63) is 58.8 Å². The number of nitrogens with two attached hydrogens (primary N) is 1. The predicted molar refractivity (Wildman–Crippen MR) is 112 cm³/mol. The summed E-state index contributed by atoms with van der Waals surface area (Å²) < 4.78 is 0. The monoisotopic (exact) mass is 382 g/mol. The van der Waals surface area contributed by atoms with Gasteiger partial charge in [-0.15, -0.1) is 11.8 Å². The molecule has 27 heavy (non-hydrogen) atoms. The van der Waals surface area contributed by atoms with Gasteiger partial charge in [-0.1, -0.05) is 24.3 Å². The summed E-state index contributed by atoms with van der Waals surface area (Å²) in [5, 5.41) is 10.7. The molecule has 4 heteroatoms. The summed E-state index contributed by atoms with van der Waals surface area (Å²) in [7, 11) is 0. The van der Waals surface area contributed by atoms with Crippen molar-refractivity contribution >= 4 is 11.8 Å². The summed E-state index contributed by atoms with van der Waals surface area (Å²) in [4.78, 5) is 4.61. The summed E-state index contributed by atoms with van der Waals surface area (Å²) in [6.07, 6.45) is 6.55. The van der Waals surface area contributed by atoms with Gasteiger partial charge in [0.05, 0.1) is 11.6 Å². The second kappa shape index (κ2) is 7.94. The highest BCUT2D eigenvalue weighted by Gasteiger charge is 2.36. The van der Waals surface area contributed by atoms with E-state index in [-0.39, 0.29) is 12.1 Å². The highest BCUT2D eigenvalue weighted by Crippen LogP contribution is 2.41. The number of fused-ring (bicyclic) bond motifs is 1. The van der Waals surface area contributed by atoms with Crippen LogP contribution in [-0.4, -0.2) is 28.0 Å². The number of aliphatic hydroxyl groups excluding tert-OH is 1. The molecule has 3 atom stereocenters. The lowest BCUT2D eigenvalue weighted by atomic mass is 9.82. The fraction of sp³-hybridized carbons (Fsp3) is 0.522. The number of benzene rings is 1. The lowest BCUT2D eigenvalue weighted by Crippen LogP contribution is -2.40. The van der Waals surface area contributed by atoms with Crippen molar-refractivity contribution in [2.24, 2.45) is 11.7 Å². The molecule has 2 aromatic rings. The molecule has 2 aliphatic carbocycles. The van der Waals surface area contributed by atoms with E-state index in [1.54, 1.807) is 0 Å². The van der Waals surface area contributed by atoms with E-state index in [1.165, 1.54) is 36.0 Å². The fourth-order valence-electron chi connectivity index (χ4n) is 4.63. The third-order valence-electron chi connectivity index (χ3n) is 6.32. The van der Waals surface area contributed by atoms with E-state index >= 15 is 0 Å². The molecular formula is C23H30N2OS. The first kappa shape index (κ1) is 19.0. The van der Waals surface area contributed by atoms with Crippen LogP contribution < -0.4 is 5.73 Å². The minimum absolute atomic E-state index is 0.101. The van der Waals surface area contributed by atoms with Gasteiger partial charge in [0, 0.05) is 17.0 Å².